The Hall–Kier alpha value is -2.47. The van der Waals surface area contributed by atoms with Crippen LogP contribution in [0.25, 0.3) is 6.08 Å². The molecule has 23 heavy (non-hydrogen) atoms. The highest BCUT2D eigenvalue weighted by Gasteiger charge is 2.24. The van der Waals surface area contributed by atoms with Crippen molar-refractivity contribution < 1.29 is 13.6 Å². The lowest BCUT2D eigenvalue weighted by Gasteiger charge is -1.98. The Morgan fingerprint density at radius 2 is 2.00 bits per heavy atom. The minimum absolute atomic E-state index is 0.0273. The Morgan fingerprint density at radius 1 is 1.17 bits per heavy atom. The molecule has 1 N–H and O–H groups in total. The molecule has 116 valence electrons. The second-order valence-corrected chi connectivity index (χ2v) is 6.02. The van der Waals surface area contributed by atoms with E-state index in [1.54, 1.807) is 0 Å². The van der Waals surface area contributed by atoms with Crippen LogP contribution in [0.15, 0.2) is 52.4 Å². The van der Waals surface area contributed by atoms with Crippen LogP contribution >= 0.6 is 11.8 Å². The summed E-state index contributed by atoms with van der Waals surface area (Å²) in [6.07, 6.45) is 1.32. The zero-order valence-corrected chi connectivity index (χ0v) is 13.0. The van der Waals surface area contributed by atoms with Crippen LogP contribution in [0.1, 0.15) is 11.1 Å². The number of nitrogens with zero attached hydrogens (tertiary/aromatic N) is 1. The smallest absolute Gasteiger partial charge is 0.264 e. The first-order valence-corrected chi connectivity index (χ1v) is 7.64. The Kier molecular flexibility index (Phi) is 4.25. The molecule has 2 aromatic rings. The highest BCUT2D eigenvalue weighted by Crippen LogP contribution is 2.28. The van der Waals surface area contributed by atoms with Crippen molar-refractivity contribution in [1.82, 2.24) is 5.32 Å². The molecular formula is C17H12F2N2OS. The minimum Gasteiger partial charge on any atom is -0.300 e. The summed E-state index contributed by atoms with van der Waals surface area (Å²) in [5.41, 5.74) is 1.80. The van der Waals surface area contributed by atoms with Crippen LogP contribution in [-0.2, 0) is 4.79 Å². The lowest BCUT2D eigenvalue weighted by atomic mass is 10.2. The molecule has 3 nitrogen and oxygen atoms in total. The molecule has 0 radical (unpaired) electrons. The summed E-state index contributed by atoms with van der Waals surface area (Å²) in [7, 11) is 0. The van der Waals surface area contributed by atoms with Crippen molar-refractivity contribution in [2.75, 3.05) is 0 Å². The van der Waals surface area contributed by atoms with Crippen LogP contribution in [-0.4, -0.2) is 11.1 Å². The lowest BCUT2D eigenvalue weighted by molar-refractivity contribution is -0.115. The number of amidine groups is 1. The number of rotatable bonds is 2. The van der Waals surface area contributed by atoms with Crippen molar-refractivity contribution in [2.45, 2.75) is 6.92 Å². The van der Waals surface area contributed by atoms with Gasteiger partial charge in [-0.25, -0.2) is 13.8 Å². The maximum Gasteiger partial charge on any atom is 0.264 e. The van der Waals surface area contributed by atoms with Gasteiger partial charge >= 0.3 is 0 Å². The second-order valence-electron chi connectivity index (χ2n) is 4.99. The van der Waals surface area contributed by atoms with Crippen molar-refractivity contribution in [3.05, 3.63) is 70.1 Å². The van der Waals surface area contributed by atoms with Crippen LogP contribution in [0.3, 0.4) is 0 Å². The summed E-state index contributed by atoms with van der Waals surface area (Å²) in [4.78, 5) is 16.6. The SMILES string of the molecule is Cc1cccc(N=C2NC(=O)/C(=C\c3cc(F)ccc3F)S2)c1. The van der Waals surface area contributed by atoms with Gasteiger partial charge in [-0.15, -0.1) is 0 Å². The molecule has 0 saturated carbocycles. The number of benzene rings is 2. The van der Waals surface area contributed by atoms with Crippen LogP contribution in [0.5, 0.6) is 0 Å². The van der Waals surface area contributed by atoms with Gasteiger partial charge in [0.25, 0.3) is 5.91 Å². The maximum atomic E-state index is 13.7. The highest BCUT2D eigenvalue weighted by atomic mass is 32.2. The molecule has 0 spiro atoms. The zero-order chi connectivity index (χ0) is 16.4. The third-order valence-electron chi connectivity index (χ3n) is 3.13. The van der Waals surface area contributed by atoms with Crippen molar-refractivity contribution >= 4 is 34.6 Å². The normalized spacial score (nSPS) is 17.8. The zero-order valence-electron chi connectivity index (χ0n) is 12.1. The van der Waals surface area contributed by atoms with Gasteiger partial charge in [0.15, 0.2) is 5.17 Å². The van der Waals surface area contributed by atoms with Gasteiger partial charge in [0.05, 0.1) is 10.6 Å². The first-order chi connectivity index (χ1) is 11.0. The molecule has 1 heterocycles. The number of aryl methyl sites for hydroxylation is 1. The number of aliphatic imine (C=N–C) groups is 1. The predicted molar refractivity (Wildman–Crippen MR) is 88.3 cm³/mol. The Bertz CT molecular complexity index is 846. The number of nitrogens with one attached hydrogen (secondary N) is 1. The molecule has 1 fully saturated rings. The Labute approximate surface area is 136 Å². The van der Waals surface area contributed by atoms with Crippen molar-refractivity contribution in [3.8, 4) is 0 Å². The molecule has 2 aromatic carbocycles. The molecule has 1 aliphatic rings. The molecule has 3 rings (SSSR count). The Morgan fingerprint density at radius 3 is 2.78 bits per heavy atom. The molecule has 0 atom stereocenters. The number of hydrogen-bond acceptors (Lipinski definition) is 3. The van der Waals surface area contributed by atoms with E-state index in [0.717, 1.165) is 35.5 Å². The quantitative estimate of drug-likeness (QED) is 0.840. The first-order valence-electron chi connectivity index (χ1n) is 6.82. The van der Waals surface area contributed by atoms with E-state index < -0.39 is 11.6 Å². The van der Waals surface area contributed by atoms with Crippen LogP contribution in [0.4, 0.5) is 14.5 Å². The molecule has 1 aliphatic heterocycles. The van der Waals surface area contributed by atoms with E-state index >= 15 is 0 Å². The van der Waals surface area contributed by atoms with E-state index in [4.69, 9.17) is 0 Å². The number of carbonyl (C=O) groups excluding carboxylic acids is 1. The topological polar surface area (TPSA) is 41.5 Å². The van der Waals surface area contributed by atoms with Crippen molar-refractivity contribution in [1.29, 1.82) is 0 Å². The summed E-state index contributed by atoms with van der Waals surface area (Å²) in [5.74, 6) is -1.53. The highest BCUT2D eigenvalue weighted by molar-refractivity contribution is 8.18. The maximum absolute atomic E-state index is 13.7. The van der Waals surface area contributed by atoms with Gasteiger partial charge < -0.3 is 5.32 Å². The third kappa shape index (κ3) is 3.65. The molecule has 6 heteroatoms. The molecule has 0 aliphatic carbocycles. The van der Waals surface area contributed by atoms with Gasteiger partial charge in [0.1, 0.15) is 11.6 Å². The molecule has 0 unspecified atom stereocenters. The number of thioether (sulfide) groups is 1. The van der Waals surface area contributed by atoms with E-state index in [1.165, 1.54) is 6.08 Å². The molecule has 1 amide bonds. The Balaban J connectivity index is 1.88. The summed E-state index contributed by atoms with van der Waals surface area (Å²) in [6.45, 7) is 1.95. The van der Waals surface area contributed by atoms with E-state index in [9.17, 15) is 13.6 Å². The lowest BCUT2D eigenvalue weighted by Crippen LogP contribution is -2.19. The van der Waals surface area contributed by atoms with E-state index in [1.807, 2.05) is 31.2 Å². The average molecular weight is 330 g/mol. The second kappa shape index (κ2) is 6.34. The summed E-state index contributed by atoms with van der Waals surface area (Å²) < 4.78 is 26.8. The van der Waals surface area contributed by atoms with E-state index in [-0.39, 0.29) is 16.4 Å². The predicted octanol–water partition coefficient (Wildman–Crippen LogP) is 4.16. The summed E-state index contributed by atoms with van der Waals surface area (Å²) >= 11 is 1.09. The third-order valence-corrected chi connectivity index (χ3v) is 4.04. The summed E-state index contributed by atoms with van der Waals surface area (Å²) in [5, 5.41) is 3.02. The van der Waals surface area contributed by atoms with E-state index in [0.29, 0.717) is 10.9 Å². The van der Waals surface area contributed by atoms with Crippen molar-refractivity contribution in [2.24, 2.45) is 4.99 Å². The average Bonchev–Trinajstić information content (AvgIpc) is 2.83. The molecular weight excluding hydrogens is 318 g/mol. The van der Waals surface area contributed by atoms with Gasteiger partial charge in [-0.05, 0) is 60.7 Å². The fourth-order valence-electron chi connectivity index (χ4n) is 2.06. The molecule has 0 aromatic heterocycles. The fraction of sp³-hybridized carbons (Fsp3) is 0.0588. The van der Waals surface area contributed by atoms with Crippen LogP contribution in [0.2, 0.25) is 0 Å². The number of carbonyl (C=O) groups is 1. The van der Waals surface area contributed by atoms with Gasteiger partial charge in [-0.3, -0.25) is 4.79 Å². The van der Waals surface area contributed by atoms with Gasteiger partial charge in [-0.1, -0.05) is 12.1 Å². The molecule has 0 bridgehead atoms. The monoisotopic (exact) mass is 330 g/mol. The van der Waals surface area contributed by atoms with Crippen molar-refractivity contribution in [3.63, 3.8) is 0 Å². The van der Waals surface area contributed by atoms with Gasteiger partial charge in [0.2, 0.25) is 0 Å². The van der Waals surface area contributed by atoms with Crippen LogP contribution in [0, 0.1) is 18.6 Å². The van der Waals surface area contributed by atoms with Gasteiger partial charge in [-0.2, -0.15) is 0 Å². The minimum atomic E-state index is -0.587. The summed E-state index contributed by atoms with van der Waals surface area (Å²) in [6, 6.07) is 10.6. The molecule has 1 saturated heterocycles. The van der Waals surface area contributed by atoms with Gasteiger partial charge in [0, 0.05) is 5.56 Å². The fourth-order valence-corrected chi connectivity index (χ4v) is 2.89. The number of halogens is 2. The van der Waals surface area contributed by atoms with E-state index in [2.05, 4.69) is 10.3 Å². The first kappa shape index (κ1) is 15.4. The number of amides is 1. The number of hydrogen-bond donors (Lipinski definition) is 1. The van der Waals surface area contributed by atoms with Crippen LogP contribution < -0.4 is 5.32 Å². The largest absolute Gasteiger partial charge is 0.300 e. The standard InChI is InChI=1S/C17H12F2N2OS/c1-10-3-2-4-13(7-10)20-17-21-16(22)15(23-17)9-11-8-12(18)5-6-14(11)19/h2-9H,1H3,(H,20,21,22)/b15-9+.